The van der Waals surface area contributed by atoms with Gasteiger partial charge in [0.1, 0.15) is 6.33 Å². The van der Waals surface area contributed by atoms with Crippen molar-refractivity contribution >= 4 is 15.9 Å². The summed E-state index contributed by atoms with van der Waals surface area (Å²) in [6.45, 7) is 4.40. The molecule has 1 aromatic heterocycles. The van der Waals surface area contributed by atoms with Gasteiger partial charge in [-0.1, -0.05) is 52.8 Å². The minimum atomic E-state index is 0.639. The summed E-state index contributed by atoms with van der Waals surface area (Å²) in [5.41, 5.74) is 1.02. The number of halogens is 1. The molecule has 0 saturated heterocycles. The van der Waals surface area contributed by atoms with E-state index in [2.05, 4.69) is 32.6 Å². The van der Waals surface area contributed by atoms with Crippen LogP contribution in [0.4, 0.5) is 0 Å². The van der Waals surface area contributed by atoms with Gasteiger partial charge in [0.2, 0.25) is 0 Å². The molecule has 0 aliphatic rings. The molecule has 0 atom stereocenters. The molecule has 0 saturated carbocycles. The molecule has 0 N–H and O–H groups in total. The predicted molar refractivity (Wildman–Crippen MR) is 63.5 cm³/mol. The maximum Gasteiger partial charge on any atom is 0.181 e. The fourth-order valence-electron chi connectivity index (χ4n) is 1.27. The predicted octanol–water partition coefficient (Wildman–Crippen LogP) is 2.85. The zero-order valence-electron chi connectivity index (χ0n) is 8.10. The summed E-state index contributed by atoms with van der Waals surface area (Å²) >= 11 is 3.29. The van der Waals surface area contributed by atoms with Crippen molar-refractivity contribution in [2.24, 2.45) is 0 Å². The van der Waals surface area contributed by atoms with Crippen molar-refractivity contribution in [3.05, 3.63) is 47.7 Å². The van der Waals surface area contributed by atoms with E-state index in [1.165, 1.54) is 0 Å². The molecule has 1 heterocycles. The van der Waals surface area contributed by atoms with Crippen molar-refractivity contribution in [3.63, 3.8) is 0 Å². The van der Waals surface area contributed by atoms with E-state index in [0.29, 0.717) is 6.54 Å². The molecule has 76 valence electrons. The van der Waals surface area contributed by atoms with Crippen LogP contribution in [0.15, 0.2) is 47.7 Å². The Bertz CT molecular complexity index is 462. The number of hydrogen-bond acceptors (Lipinski definition) is 2. The quantitative estimate of drug-likeness (QED) is 0.853. The third kappa shape index (κ3) is 2.53. The van der Waals surface area contributed by atoms with Crippen LogP contribution < -0.4 is 0 Å². The molecule has 2 aromatic rings. The normalized spacial score (nSPS) is 10.2. The van der Waals surface area contributed by atoms with Crippen LogP contribution in [-0.2, 0) is 6.54 Å². The summed E-state index contributed by atoms with van der Waals surface area (Å²) in [5.74, 6) is 0.740. The molecule has 4 heteroatoms. The van der Waals surface area contributed by atoms with Crippen molar-refractivity contribution < 1.29 is 0 Å². The van der Waals surface area contributed by atoms with Crippen molar-refractivity contribution in [2.75, 3.05) is 0 Å². The second-order valence-corrected chi connectivity index (χ2v) is 4.27. The number of aromatic nitrogens is 3. The van der Waals surface area contributed by atoms with Gasteiger partial charge in [-0.15, -0.1) is 0 Å². The lowest BCUT2D eigenvalue weighted by molar-refractivity contribution is 0.698. The van der Waals surface area contributed by atoms with Crippen LogP contribution in [-0.4, -0.2) is 14.8 Å². The number of rotatable bonds is 3. The number of benzene rings is 1. The van der Waals surface area contributed by atoms with Gasteiger partial charge < -0.3 is 0 Å². The number of hydrogen-bond donors (Lipinski definition) is 0. The second kappa shape index (κ2) is 4.40. The molecule has 0 fully saturated rings. The first-order chi connectivity index (χ1) is 7.25. The van der Waals surface area contributed by atoms with Gasteiger partial charge in [-0.3, -0.25) is 0 Å². The molecule has 2 rings (SSSR count). The Kier molecular flexibility index (Phi) is 2.97. The molecule has 0 unspecified atom stereocenters. The Labute approximate surface area is 96.6 Å². The summed E-state index contributed by atoms with van der Waals surface area (Å²) in [4.78, 5) is 4.23. The standard InChI is InChI=1S/C11H10BrN3/c1-9(12)7-15-8-13-11(14-15)10-5-3-2-4-6-10/h2-6,8H,1,7H2. The van der Waals surface area contributed by atoms with E-state index in [-0.39, 0.29) is 0 Å². The smallest absolute Gasteiger partial charge is 0.181 e. The summed E-state index contributed by atoms with van der Waals surface area (Å²) < 4.78 is 2.63. The second-order valence-electron chi connectivity index (χ2n) is 3.15. The van der Waals surface area contributed by atoms with E-state index in [9.17, 15) is 0 Å². The van der Waals surface area contributed by atoms with Crippen LogP contribution in [0.1, 0.15) is 0 Å². The average molecular weight is 264 g/mol. The van der Waals surface area contributed by atoms with Gasteiger partial charge in [0.15, 0.2) is 5.82 Å². The first-order valence-corrected chi connectivity index (χ1v) is 5.33. The monoisotopic (exact) mass is 263 g/mol. The first kappa shape index (κ1) is 10.1. The molecular formula is C11H10BrN3. The average Bonchev–Trinajstić information content (AvgIpc) is 2.67. The highest BCUT2D eigenvalue weighted by molar-refractivity contribution is 9.11. The van der Waals surface area contributed by atoms with E-state index < -0.39 is 0 Å². The maximum absolute atomic E-state index is 4.34. The first-order valence-electron chi connectivity index (χ1n) is 4.54. The highest BCUT2D eigenvalue weighted by Gasteiger charge is 2.02. The van der Waals surface area contributed by atoms with Gasteiger partial charge in [-0.2, -0.15) is 5.10 Å². The third-order valence-corrected chi connectivity index (χ3v) is 2.15. The van der Waals surface area contributed by atoms with E-state index in [1.807, 2.05) is 30.3 Å². The topological polar surface area (TPSA) is 30.7 Å². The summed E-state index contributed by atoms with van der Waals surface area (Å²) in [6, 6.07) is 9.89. The van der Waals surface area contributed by atoms with Crippen molar-refractivity contribution in [1.82, 2.24) is 14.8 Å². The Morgan fingerprint density at radius 3 is 2.73 bits per heavy atom. The Morgan fingerprint density at radius 2 is 2.07 bits per heavy atom. The van der Waals surface area contributed by atoms with Gasteiger partial charge in [0.05, 0.1) is 6.54 Å². The maximum atomic E-state index is 4.34. The zero-order chi connectivity index (χ0) is 10.7. The lowest BCUT2D eigenvalue weighted by Crippen LogP contribution is -1.97. The number of nitrogens with zero attached hydrogens (tertiary/aromatic N) is 3. The molecule has 0 radical (unpaired) electrons. The van der Waals surface area contributed by atoms with E-state index in [4.69, 9.17) is 0 Å². The van der Waals surface area contributed by atoms with Crippen LogP contribution in [0, 0.1) is 0 Å². The van der Waals surface area contributed by atoms with Crippen molar-refractivity contribution in [3.8, 4) is 11.4 Å². The Balaban J connectivity index is 2.24. The van der Waals surface area contributed by atoms with E-state index in [1.54, 1.807) is 11.0 Å². The van der Waals surface area contributed by atoms with Crippen LogP contribution >= 0.6 is 15.9 Å². The van der Waals surface area contributed by atoms with E-state index >= 15 is 0 Å². The highest BCUT2D eigenvalue weighted by atomic mass is 79.9. The lowest BCUT2D eigenvalue weighted by Gasteiger charge is -1.96. The molecule has 15 heavy (non-hydrogen) atoms. The van der Waals surface area contributed by atoms with Gasteiger partial charge in [-0.05, 0) is 0 Å². The van der Waals surface area contributed by atoms with Crippen LogP contribution in [0.25, 0.3) is 11.4 Å². The SMILES string of the molecule is C=C(Br)Cn1cnc(-c2ccccc2)n1. The lowest BCUT2D eigenvalue weighted by atomic mass is 10.2. The minimum Gasteiger partial charge on any atom is -0.247 e. The third-order valence-electron chi connectivity index (χ3n) is 1.90. The van der Waals surface area contributed by atoms with Gasteiger partial charge in [0.25, 0.3) is 0 Å². The van der Waals surface area contributed by atoms with E-state index in [0.717, 1.165) is 15.9 Å². The Morgan fingerprint density at radius 1 is 1.33 bits per heavy atom. The largest absolute Gasteiger partial charge is 0.247 e. The van der Waals surface area contributed by atoms with Crippen LogP contribution in [0.5, 0.6) is 0 Å². The fourth-order valence-corrected chi connectivity index (χ4v) is 1.52. The van der Waals surface area contributed by atoms with Gasteiger partial charge in [0, 0.05) is 10.0 Å². The molecule has 0 aliphatic heterocycles. The van der Waals surface area contributed by atoms with Crippen LogP contribution in [0.2, 0.25) is 0 Å². The summed E-state index contributed by atoms with van der Waals surface area (Å²) in [6.07, 6.45) is 1.70. The molecular weight excluding hydrogens is 254 g/mol. The van der Waals surface area contributed by atoms with Gasteiger partial charge >= 0.3 is 0 Å². The van der Waals surface area contributed by atoms with Crippen LogP contribution in [0.3, 0.4) is 0 Å². The minimum absolute atomic E-state index is 0.639. The summed E-state index contributed by atoms with van der Waals surface area (Å²) in [7, 11) is 0. The molecule has 0 aliphatic carbocycles. The molecule has 1 aromatic carbocycles. The molecule has 3 nitrogen and oxygen atoms in total. The molecule has 0 amide bonds. The number of allylic oxidation sites excluding steroid dienone is 1. The molecule has 0 bridgehead atoms. The zero-order valence-corrected chi connectivity index (χ0v) is 9.68. The highest BCUT2D eigenvalue weighted by Crippen LogP contribution is 2.13. The van der Waals surface area contributed by atoms with Crippen molar-refractivity contribution in [2.45, 2.75) is 6.54 Å². The van der Waals surface area contributed by atoms with Gasteiger partial charge in [-0.25, -0.2) is 9.67 Å². The van der Waals surface area contributed by atoms with Crippen molar-refractivity contribution in [1.29, 1.82) is 0 Å². The summed E-state index contributed by atoms with van der Waals surface area (Å²) in [5, 5.41) is 4.34. The molecule has 0 spiro atoms. The fraction of sp³-hybridized carbons (Fsp3) is 0.0909. The Hall–Kier alpha value is -1.42.